The van der Waals surface area contributed by atoms with Crippen LogP contribution in [0.2, 0.25) is 0 Å². The summed E-state index contributed by atoms with van der Waals surface area (Å²) in [6.07, 6.45) is 4.91. The molecule has 1 N–H and O–H groups in total. The summed E-state index contributed by atoms with van der Waals surface area (Å²) in [6.45, 7) is 17.3. The third-order valence-corrected chi connectivity index (χ3v) is 14.4. The van der Waals surface area contributed by atoms with Gasteiger partial charge in [-0.1, -0.05) is 53.2 Å². The fraction of sp³-hybridized carbons (Fsp3) is 0.838. The number of allylic oxidation sites excluding steroid dienone is 2. The van der Waals surface area contributed by atoms with Crippen LogP contribution in [0.4, 0.5) is 0 Å². The quantitative estimate of drug-likeness (QED) is 0.224. The number of methoxy groups -OCH3 is 1. The van der Waals surface area contributed by atoms with Crippen molar-refractivity contribution in [1.29, 1.82) is 0 Å². The molecule has 46 heavy (non-hydrogen) atoms. The molecule has 5 rings (SSSR count). The molecule has 0 radical (unpaired) electrons. The molecule has 0 aromatic heterocycles. The van der Waals surface area contributed by atoms with Crippen molar-refractivity contribution in [2.75, 3.05) is 13.7 Å². The normalized spacial score (nSPS) is 47.8. The zero-order valence-corrected chi connectivity index (χ0v) is 29.6. The van der Waals surface area contributed by atoms with Gasteiger partial charge in [-0.15, -0.1) is 0 Å². The summed E-state index contributed by atoms with van der Waals surface area (Å²) in [7, 11) is 1.51. The van der Waals surface area contributed by atoms with E-state index in [9.17, 15) is 24.3 Å². The second-order valence-electron chi connectivity index (χ2n) is 16.6. The number of ether oxygens (including phenoxy) is 4. The minimum atomic E-state index is -1.03. The molecule has 0 heterocycles. The minimum absolute atomic E-state index is 0.0608. The average molecular weight is 645 g/mol. The Hall–Kier alpha value is -2.42. The first-order chi connectivity index (χ1) is 21.3. The molecule has 258 valence electrons. The lowest BCUT2D eigenvalue weighted by Gasteiger charge is -2.72. The molecule has 0 amide bonds. The largest absolute Gasteiger partial charge is 0.469 e. The Morgan fingerprint density at radius 1 is 0.913 bits per heavy atom. The van der Waals surface area contributed by atoms with Gasteiger partial charge in [0.1, 0.15) is 18.8 Å². The summed E-state index contributed by atoms with van der Waals surface area (Å²) in [4.78, 5) is 50.7. The first-order valence-corrected chi connectivity index (χ1v) is 17.3. The van der Waals surface area contributed by atoms with Gasteiger partial charge in [0.15, 0.2) is 0 Å². The van der Waals surface area contributed by atoms with Gasteiger partial charge >= 0.3 is 23.9 Å². The van der Waals surface area contributed by atoms with Crippen LogP contribution in [0.1, 0.15) is 107 Å². The molecule has 5 aliphatic rings. The average Bonchev–Trinajstić information content (AvgIpc) is 2.95. The molecule has 0 bridgehead atoms. The standard InChI is InChI=1S/C37H56O9/c1-20-13-14-37(32(42)43-10)16-15-35(8)25(29(37)21(20)2)11-12-28-33(6)18-27(45-23(4)39)31(46-24(5)40)34(7,19-44-22(3)38)30(33)26(41)17-36(28,35)9/h11,20-21,26-31,41H,12-19H2,1-10H3/t20-,21+,26-,27-,28-,29-,30-,31+,33-,34+,35-,36-,37+/m1/s1. The van der Waals surface area contributed by atoms with Crippen LogP contribution in [0, 0.1) is 56.7 Å². The molecule has 4 fully saturated rings. The fourth-order valence-corrected chi connectivity index (χ4v) is 12.3. The second kappa shape index (κ2) is 11.6. The second-order valence-corrected chi connectivity index (χ2v) is 16.6. The van der Waals surface area contributed by atoms with Gasteiger partial charge in [-0.2, -0.15) is 0 Å². The van der Waals surface area contributed by atoms with E-state index in [2.05, 4.69) is 40.7 Å². The van der Waals surface area contributed by atoms with Crippen molar-refractivity contribution in [3.63, 3.8) is 0 Å². The molecule has 0 aromatic rings. The van der Waals surface area contributed by atoms with E-state index in [0.29, 0.717) is 24.7 Å². The Morgan fingerprint density at radius 2 is 1.57 bits per heavy atom. The van der Waals surface area contributed by atoms with Crippen molar-refractivity contribution < 1.29 is 43.2 Å². The summed E-state index contributed by atoms with van der Waals surface area (Å²) in [5, 5.41) is 12.4. The van der Waals surface area contributed by atoms with Crippen LogP contribution < -0.4 is 0 Å². The highest BCUT2D eigenvalue weighted by molar-refractivity contribution is 5.78. The van der Waals surface area contributed by atoms with Crippen molar-refractivity contribution in [2.24, 2.45) is 56.7 Å². The van der Waals surface area contributed by atoms with E-state index < -0.39 is 58.4 Å². The van der Waals surface area contributed by atoms with Crippen molar-refractivity contribution in [3.8, 4) is 0 Å². The minimum Gasteiger partial charge on any atom is -0.469 e. The van der Waals surface area contributed by atoms with E-state index in [0.717, 1.165) is 32.1 Å². The van der Waals surface area contributed by atoms with Crippen molar-refractivity contribution >= 4 is 23.9 Å². The number of hydrogen-bond donors (Lipinski definition) is 1. The maximum absolute atomic E-state index is 13.6. The Labute approximate surface area is 274 Å². The molecule has 9 nitrogen and oxygen atoms in total. The first kappa shape index (κ1) is 34.9. The van der Waals surface area contributed by atoms with Crippen LogP contribution in [0.15, 0.2) is 11.6 Å². The molecular formula is C37H56O9. The zero-order valence-electron chi connectivity index (χ0n) is 29.6. The van der Waals surface area contributed by atoms with Crippen LogP contribution in [0.5, 0.6) is 0 Å². The maximum atomic E-state index is 13.6. The Bertz CT molecular complexity index is 1310. The SMILES string of the molecule is COC(=O)[C@]12CC[C@@H](C)[C@H](C)[C@@H]1C1=CC[C@@H]3[C@@]4(C)C[C@@H](OC(C)=O)[C@H](OC(C)=O)[C@@](C)(COC(C)=O)[C@@H]4[C@H](O)C[C@@]3(C)[C@]1(C)CC2. The van der Waals surface area contributed by atoms with Crippen LogP contribution in [0.3, 0.4) is 0 Å². The van der Waals surface area contributed by atoms with E-state index in [-0.39, 0.29) is 35.2 Å². The topological polar surface area (TPSA) is 125 Å². The van der Waals surface area contributed by atoms with Gasteiger partial charge in [0.2, 0.25) is 0 Å². The third-order valence-electron chi connectivity index (χ3n) is 14.4. The Balaban J connectivity index is 1.67. The van der Waals surface area contributed by atoms with Crippen molar-refractivity contribution in [1.82, 2.24) is 0 Å². The third kappa shape index (κ3) is 4.87. The van der Waals surface area contributed by atoms with Gasteiger partial charge in [-0.3, -0.25) is 19.2 Å². The Kier molecular flexibility index (Phi) is 8.82. The van der Waals surface area contributed by atoms with E-state index in [1.54, 1.807) is 0 Å². The number of rotatable bonds is 5. The maximum Gasteiger partial charge on any atom is 0.312 e. The molecule has 0 aromatic carbocycles. The van der Waals surface area contributed by atoms with Crippen molar-refractivity contribution in [2.45, 2.75) is 126 Å². The highest BCUT2D eigenvalue weighted by Gasteiger charge is 2.74. The predicted octanol–water partition coefficient (Wildman–Crippen LogP) is 5.80. The monoisotopic (exact) mass is 644 g/mol. The van der Waals surface area contributed by atoms with Gasteiger partial charge < -0.3 is 24.1 Å². The highest BCUT2D eigenvalue weighted by Crippen LogP contribution is 2.76. The molecular weight excluding hydrogens is 588 g/mol. The molecule has 0 saturated heterocycles. The van der Waals surface area contributed by atoms with Crippen LogP contribution in [-0.4, -0.2) is 61.0 Å². The van der Waals surface area contributed by atoms with Crippen molar-refractivity contribution in [3.05, 3.63) is 11.6 Å². The van der Waals surface area contributed by atoms with Crippen LogP contribution >= 0.6 is 0 Å². The van der Waals surface area contributed by atoms with Gasteiger partial charge in [-0.05, 0) is 84.9 Å². The number of aliphatic hydroxyl groups is 1. The number of hydrogen-bond acceptors (Lipinski definition) is 9. The van der Waals surface area contributed by atoms with Gasteiger partial charge in [-0.25, -0.2) is 0 Å². The smallest absolute Gasteiger partial charge is 0.312 e. The lowest BCUT2D eigenvalue weighted by Crippen LogP contribution is -2.72. The zero-order chi connectivity index (χ0) is 34.2. The number of carbonyl (C=O) groups excluding carboxylic acids is 4. The van der Waals surface area contributed by atoms with Crippen LogP contribution in [-0.2, 0) is 38.1 Å². The summed E-state index contributed by atoms with van der Waals surface area (Å²) in [5.41, 5.74) is -1.47. The van der Waals surface area contributed by atoms with Crippen LogP contribution in [0.25, 0.3) is 0 Å². The molecule has 0 spiro atoms. The molecule has 9 heteroatoms. The van der Waals surface area contributed by atoms with Gasteiger partial charge in [0.05, 0.1) is 18.6 Å². The number of aliphatic hydroxyl groups excluding tert-OH is 1. The summed E-state index contributed by atoms with van der Waals surface area (Å²) in [5.74, 6) is -1.10. The molecule has 0 aliphatic heterocycles. The van der Waals surface area contributed by atoms with Gasteiger partial charge in [0, 0.05) is 32.1 Å². The Morgan fingerprint density at radius 3 is 2.15 bits per heavy atom. The summed E-state index contributed by atoms with van der Waals surface area (Å²) in [6, 6.07) is 0. The molecule has 5 aliphatic carbocycles. The fourth-order valence-electron chi connectivity index (χ4n) is 12.3. The molecule has 4 saturated carbocycles. The lowest BCUT2D eigenvalue weighted by atomic mass is 9.32. The highest BCUT2D eigenvalue weighted by atomic mass is 16.6. The van der Waals surface area contributed by atoms with E-state index >= 15 is 0 Å². The molecule has 13 atom stereocenters. The summed E-state index contributed by atoms with van der Waals surface area (Å²) < 4.78 is 23.0. The molecule has 0 unspecified atom stereocenters. The number of esters is 4. The van der Waals surface area contributed by atoms with E-state index in [1.165, 1.54) is 33.5 Å². The number of fused-ring (bicyclic) bond motifs is 7. The predicted molar refractivity (Wildman–Crippen MR) is 170 cm³/mol. The van der Waals surface area contributed by atoms with E-state index in [4.69, 9.17) is 18.9 Å². The van der Waals surface area contributed by atoms with Gasteiger partial charge in [0.25, 0.3) is 0 Å². The summed E-state index contributed by atoms with van der Waals surface area (Å²) >= 11 is 0. The van der Waals surface area contributed by atoms with E-state index in [1.807, 2.05) is 6.92 Å². The first-order valence-electron chi connectivity index (χ1n) is 17.3. The number of carbonyl (C=O) groups is 4. The lowest BCUT2D eigenvalue weighted by molar-refractivity contribution is -0.280.